The van der Waals surface area contributed by atoms with Gasteiger partial charge < -0.3 is 5.11 Å². The molecule has 0 atom stereocenters. The van der Waals surface area contributed by atoms with Crippen molar-refractivity contribution in [1.82, 2.24) is 0 Å². The Balaban J connectivity index is 2.31. The summed E-state index contributed by atoms with van der Waals surface area (Å²) in [4.78, 5) is 13.2. The highest BCUT2D eigenvalue weighted by Crippen LogP contribution is 2.33. The molecule has 3 heteroatoms. The largest absolute Gasteiger partial charge is 0.478 e. The molecule has 0 bridgehead atoms. The second-order valence-corrected chi connectivity index (χ2v) is 5.74. The van der Waals surface area contributed by atoms with Crippen LogP contribution < -0.4 is 0 Å². The fourth-order valence-corrected chi connectivity index (χ4v) is 2.88. The molecule has 0 aliphatic rings. The number of aryl methyl sites for hydroxylation is 3. The van der Waals surface area contributed by atoms with Gasteiger partial charge >= 0.3 is 5.97 Å². The quantitative estimate of drug-likeness (QED) is 0.896. The topological polar surface area (TPSA) is 37.3 Å². The molecular weight excluding hydrogens is 256 g/mol. The summed E-state index contributed by atoms with van der Waals surface area (Å²) < 4.78 is 0. The SMILES string of the molecule is Cc1ccc(Sc2ccc(C(=O)O)cc2C)c(C)c1. The van der Waals surface area contributed by atoms with Crippen LogP contribution in [-0.4, -0.2) is 11.1 Å². The van der Waals surface area contributed by atoms with Crippen LogP contribution in [0.5, 0.6) is 0 Å². The summed E-state index contributed by atoms with van der Waals surface area (Å²) >= 11 is 1.68. The Hall–Kier alpha value is -1.74. The summed E-state index contributed by atoms with van der Waals surface area (Å²) in [6.07, 6.45) is 0. The van der Waals surface area contributed by atoms with E-state index in [1.54, 1.807) is 23.9 Å². The van der Waals surface area contributed by atoms with Crippen molar-refractivity contribution in [3.8, 4) is 0 Å². The summed E-state index contributed by atoms with van der Waals surface area (Å²) in [5, 5.41) is 8.96. The highest BCUT2D eigenvalue weighted by atomic mass is 32.2. The summed E-state index contributed by atoms with van der Waals surface area (Å²) in [5.41, 5.74) is 3.82. The van der Waals surface area contributed by atoms with Gasteiger partial charge in [-0.2, -0.15) is 0 Å². The van der Waals surface area contributed by atoms with Crippen molar-refractivity contribution in [2.75, 3.05) is 0 Å². The van der Waals surface area contributed by atoms with E-state index in [0.717, 1.165) is 10.5 Å². The molecule has 2 aromatic carbocycles. The zero-order chi connectivity index (χ0) is 14.0. The molecule has 98 valence electrons. The zero-order valence-electron chi connectivity index (χ0n) is 11.2. The minimum atomic E-state index is -0.883. The third-order valence-corrected chi connectivity index (χ3v) is 4.33. The van der Waals surface area contributed by atoms with Crippen LogP contribution in [0.1, 0.15) is 27.0 Å². The monoisotopic (exact) mass is 272 g/mol. The average Bonchev–Trinajstić information content (AvgIpc) is 2.34. The standard InChI is InChI=1S/C16H16O2S/c1-10-4-6-14(11(2)8-10)19-15-7-5-13(16(17)18)9-12(15)3/h4-9H,1-3H3,(H,17,18). The molecule has 0 aliphatic carbocycles. The molecule has 0 amide bonds. The maximum atomic E-state index is 10.9. The Morgan fingerprint density at radius 3 is 2.05 bits per heavy atom. The van der Waals surface area contributed by atoms with Crippen LogP contribution in [0.15, 0.2) is 46.2 Å². The van der Waals surface area contributed by atoms with Gasteiger partial charge in [0.1, 0.15) is 0 Å². The molecule has 0 unspecified atom stereocenters. The van der Waals surface area contributed by atoms with E-state index in [0.29, 0.717) is 5.56 Å². The van der Waals surface area contributed by atoms with Crippen LogP contribution in [-0.2, 0) is 0 Å². The minimum Gasteiger partial charge on any atom is -0.478 e. The molecule has 0 fully saturated rings. The average molecular weight is 272 g/mol. The van der Waals surface area contributed by atoms with Gasteiger partial charge in [0.25, 0.3) is 0 Å². The molecule has 0 saturated heterocycles. The van der Waals surface area contributed by atoms with E-state index in [1.807, 2.05) is 13.0 Å². The van der Waals surface area contributed by atoms with E-state index < -0.39 is 5.97 Å². The number of aromatic carboxylic acids is 1. The second-order valence-electron chi connectivity index (χ2n) is 4.66. The second kappa shape index (κ2) is 5.49. The Morgan fingerprint density at radius 1 is 0.947 bits per heavy atom. The highest BCUT2D eigenvalue weighted by Gasteiger charge is 2.08. The number of benzene rings is 2. The van der Waals surface area contributed by atoms with Crippen LogP contribution in [0.4, 0.5) is 0 Å². The number of hydrogen-bond donors (Lipinski definition) is 1. The van der Waals surface area contributed by atoms with Gasteiger partial charge in [-0.1, -0.05) is 29.5 Å². The predicted octanol–water partition coefficient (Wildman–Crippen LogP) is 4.46. The van der Waals surface area contributed by atoms with Crippen LogP contribution >= 0.6 is 11.8 Å². The number of hydrogen-bond acceptors (Lipinski definition) is 2. The maximum absolute atomic E-state index is 10.9. The first-order valence-corrected chi connectivity index (χ1v) is 6.88. The van der Waals surface area contributed by atoms with Crippen molar-refractivity contribution < 1.29 is 9.90 Å². The molecule has 0 spiro atoms. The lowest BCUT2D eigenvalue weighted by atomic mass is 10.1. The van der Waals surface area contributed by atoms with Crippen molar-refractivity contribution in [3.63, 3.8) is 0 Å². The van der Waals surface area contributed by atoms with Crippen LogP contribution in [0, 0.1) is 20.8 Å². The van der Waals surface area contributed by atoms with Gasteiger partial charge in [0, 0.05) is 9.79 Å². The van der Waals surface area contributed by atoms with Gasteiger partial charge in [-0.05, 0) is 56.2 Å². The first-order chi connectivity index (χ1) is 8.97. The maximum Gasteiger partial charge on any atom is 0.335 e. The molecule has 2 nitrogen and oxygen atoms in total. The normalized spacial score (nSPS) is 10.5. The van der Waals surface area contributed by atoms with Crippen molar-refractivity contribution in [2.45, 2.75) is 30.6 Å². The van der Waals surface area contributed by atoms with E-state index in [2.05, 4.69) is 32.0 Å². The molecular formula is C16H16O2S. The fraction of sp³-hybridized carbons (Fsp3) is 0.188. The lowest BCUT2D eigenvalue weighted by Crippen LogP contribution is -1.96. The van der Waals surface area contributed by atoms with Gasteiger partial charge in [0.05, 0.1) is 5.56 Å². The Kier molecular flexibility index (Phi) is 3.96. The molecule has 1 N–H and O–H groups in total. The van der Waals surface area contributed by atoms with Gasteiger partial charge in [-0.3, -0.25) is 0 Å². The van der Waals surface area contributed by atoms with E-state index >= 15 is 0 Å². The van der Waals surface area contributed by atoms with Gasteiger partial charge in [0.2, 0.25) is 0 Å². The number of rotatable bonds is 3. The summed E-state index contributed by atoms with van der Waals surface area (Å²) in [6, 6.07) is 11.6. The summed E-state index contributed by atoms with van der Waals surface area (Å²) in [5.74, 6) is -0.883. The molecule has 0 aliphatic heterocycles. The lowest BCUT2D eigenvalue weighted by Gasteiger charge is -2.09. The smallest absolute Gasteiger partial charge is 0.335 e. The molecule has 0 aromatic heterocycles. The van der Waals surface area contributed by atoms with E-state index in [9.17, 15) is 4.79 Å². The third-order valence-electron chi connectivity index (χ3n) is 2.97. The van der Waals surface area contributed by atoms with Crippen LogP contribution in [0.3, 0.4) is 0 Å². The molecule has 19 heavy (non-hydrogen) atoms. The molecule has 0 heterocycles. The first-order valence-electron chi connectivity index (χ1n) is 6.06. The number of carboxylic acid groups (broad SMARTS) is 1. The highest BCUT2D eigenvalue weighted by molar-refractivity contribution is 7.99. The van der Waals surface area contributed by atoms with Gasteiger partial charge in [0.15, 0.2) is 0 Å². The fourth-order valence-electron chi connectivity index (χ4n) is 1.93. The first kappa shape index (κ1) is 13.7. The van der Waals surface area contributed by atoms with Gasteiger partial charge in [-0.15, -0.1) is 0 Å². The van der Waals surface area contributed by atoms with Gasteiger partial charge in [-0.25, -0.2) is 4.79 Å². The molecule has 2 rings (SSSR count). The van der Waals surface area contributed by atoms with Crippen molar-refractivity contribution in [3.05, 3.63) is 58.7 Å². The Morgan fingerprint density at radius 2 is 1.53 bits per heavy atom. The van der Waals surface area contributed by atoms with Crippen LogP contribution in [0.25, 0.3) is 0 Å². The summed E-state index contributed by atoms with van der Waals surface area (Å²) in [6.45, 7) is 6.11. The Bertz CT molecular complexity index is 633. The summed E-state index contributed by atoms with van der Waals surface area (Å²) in [7, 11) is 0. The van der Waals surface area contributed by atoms with E-state index in [4.69, 9.17) is 5.11 Å². The zero-order valence-corrected chi connectivity index (χ0v) is 12.0. The van der Waals surface area contributed by atoms with Crippen LogP contribution in [0.2, 0.25) is 0 Å². The molecule has 2 aromatic rings. The van der Waals surface area contributed by atoms with E-state index in [1.165, 1.54) is 16.0 Å². The van der Waals surface area contributed by atoms with Crippen molar-refractivity contribution >= 4 is 17.7 Å². The third kappa shape index (κ3) is 3.18. The van der Waals surface area contributed by atoms with Crippen molar-refractivity contribution in [2.24, 2.45) is 0 Å². The Labute approximate surface area is 117 Å². The molecule has 0 radical (unpaired) electrons. The predicted molar refractivity (Wildman–Crippen MR) is 78.2 cm³/mol. The number of carboxylic acids is 1. The molecule has 0 saturated carbocycles. The van der Waals surface area contributed by atoms with Crippen molar-refractivity contribution in [1.29, 1.82) is 0 Å². The van der Waals surface area contributed by atoms with E-state index in [-0.39, 0.29) is 0 Å². The lowest BCUT2D eigenvalue weighted by molar-refractivity contribution is 0.0696. The minimum absolute atomic E-state index is 0.336. The number of carbonyl (C=O) groups is 1.